The molecule has 7 heteroatoms. The van der Waals surface area contributed by atoms with Gasteiger partial charge in [-0.1, -0.05) is 6.92 Å². The number of hydroxylamine groups is 2. The molecule has 0 amide bonds. The molecule has 1 heterocycles. The number of hydrogen-bond donors (Lipinski definition) is 0. The van der Waals surface area contributed by atoms with Crippen molar-refractivity contribution in [3.63, 3.8) is 0 Å². The van der Waals surface area contributed by atoms with E-state index in [1.807, 2.05) is 0 Å². The zero-order chi connectivity index (χ0) is 18.5. The lowest BCUT2D eigenvalue weighted by Crippen LogP contribution is -2.57. The summed E-state index contributed by atoms with van der Waals surface area (Å²) in [6, 6.07) is 0. The summed E-state index contributed by atoms with van der Waals surface area (Å²) in [6.07, 6.45) is 5.92. The number of carbonyl (C=O) groups is 2. The van der Waals surface area contributed by atoms with Crippen LogP contribution in [0.1, 0.15) is 58.3 Å². The van der Waals surface area contributed by atoms with Gasteiger partial charge in [0.1, 0.15) is 11.6 Å². The molecular formula is C19H29NO5S. The lowest BCUT2D eigenvalue weighted by Gasteiger charge is -2.49. The number of ketones is 2. The van der Waals surface area contributed by atoms with Crippen LogP contribution in [0.4, 0.5) is 0 Å². The maximum atomic E-state index is 12.7. The first-order valence-corrected chi connectivity index (χ1v) is 11.6. The summed E-state index contributed by atoms with van der Waals surface area (Å²) in [4.78, 5) is 24.9. The first-order valence-electron chi connectivity index (χ1n) is 10.1. The Morgan fingerprint density at radius 3 is 1.96 bits per heavy atom. The van der Waals surface area contributed by atoms with Crippen LogP contribution >= 0.6 is 0 Å². The SMILES string of the molecule is CC1CCC(S(=O)(=O)ON2CC3C(=O)CCC4CCC(=O)C(C2)C43)CC1. The minimum Gasteiger partial charge on any atom is -0.299 e. The quantitative estimate of drug-likeness (QED) is 0.744. The number of hydrogen-bond acceptors (Lipinski definition) is 6. The van der Waals surface area contributed by atoms with Crippen molar-refractivity contribution >= 4 is 21.7 Å². The number of carbonyl (C=O) groups excluding carboxylic acids is 2. The summed E-state index contributed by atoms with van der Waals surface area (Å²) >= 11 is 0. The van der Waals surface area contributed by atoms with Crippen LogP contribution in [0, 0.1) is 29.6 Å². The summed E-state index contributed by atoms with van der Waals surface area (Å²) in [6.45, 7) is 2.77. The second-order valence-corrected chi connectivity index (χ2v) is 10.7. The molecule has 26 heavy (non-hydrogen) atoms. The van der Waals surface area contributed by atoms with Crippen LogP contribution in [-0.2, 0) is 24.0 Å². The van der Waals surface area contributed by atoms with Gasteiger partial charge in [0.25, 0.3) is 10.1 Å². The maximum Gasteiger partial charge on any atom is 0.286 e. The van der Waals surface area contributed by atoms with E-state index in [9.17, 15) is 18.0 Å². The Kier molecular flexibility index (Phi) is 4.99. The highest BCUT2D eigenvalue weighted by molar-refractivity contribution is 7.87. The molecule has 0 N–H and O–H groups in total. The first-order chi connectivity index (χ1) is 12.3. The smallest absolute Gasteiger partial charge is 0.286 e. The molecule has 3 saturated carbocycles. The molecule has 3 aliphatic carbocycles. The van der Waals surface area contributed by atoms with Gasteiger partial charge >= 0.3 is 0 Å². The van der Waals surface area contributed by atoms with Gasteiger partial charge < -0.3 is 0 Å². The standard InChI is InChI=1S/C19H29NO5S/c1-12-2-6-14(7-3-12)26(23,24)25-20-10-15-17(21)8-4-13-5-9-18(22)16(11-20)19(13)15/h12-16,19H,2-11H2,1H3. The van der Waals surface area contributed by atoms with Crippen molar-refractivity contribution in [3.05, 3.63) is 0 Å². The van der Waals surface area contributed by atoms with Gasteiger partial charge in [-0.05, 0) is 56.3 Å². The monoisotopic (exact) mass is 383 g/mol. The lowest BCUT2D eigenvalue weighted by atomic mass is 9.58. The fourth-order valence-corrected chi connectivity index (χ4v) is 7.06. The van der Waals surface area contributed by atoms with Gasteiger partial charge in [0, 0.05) is 37.8 Å². The minimum atomic E-state index is -3.70. The van der Waals surface area contributed by atoms with Gasteiger partial charge in [-0.2, -0.15) is 17.8 Å². The second-order valence-electron chi connectivity index (χ2n) is 8.86. The third-order valence-corrected chi connectivity index (χ3v) is 8.91. The first kappa shape index (κ1) is 18.6. The third kappa shape index (κ3) is 3.38. The van der Waals surface area contributed by atoms with E-state index < -0.39 is 15.4 Å². The van der Waals surface area contributed by atoms with Crippen LogP contribution in [0.25, 0.3) is 0 Å². The van der Waals surface area contributed by atoms with Crippen molar-refractivity contribution in [2.24, 2.45) is 29.6 Å². The normalized spacial score (nSPS) is 41.7. The fraction of sp³-hybridized carbons (Fsp3) is 0.895. The predicted octanol–water partition coefficient (Wildman–Crippen LogP) is 2.33. The number of Topliss-reactive ketones (excluding diaryl/α,β-unsaturated/α-hetero) is 2. The van der Waals surface area contributed by atoms with Gasteiger partial charge in [0.15, 0.2) is 0 Å². The highest BCUT2D eigenvalue weighted by Gasteiger charge is 2.52. The molecule has 6 nitrogen and oxygen atoms in total. The van der Waals surface area contributed by atoms with Gasteiger partial charge in [0.05, 0.1) is 5.25 Å². The molecule has 0 aromatic carbocycles. The summed E-state index contributed by atoms with van der Waals surface area (Å²) in [5.41, 5.74) is 0. The van der Waals surface area contributed by atoms with E-state index in [1.165, 1.54) is 5.06 Å². The molecule has 146 valence electrons. The summed E-state index contributed by atoms with van der Waals surface area (Å²) in [7, 11) is -3.70. The molecule has 2 unspecified atom stereocenters. The van der Waals surface area contributed by atoms with E-state index in [4.69, 9.17) is 4.28 Å². The average Bonchev–Trinajstić information content (AvgIpc) is 2.60. The van der Waals surface area contributed by atoms with Crippen molar-refractivity contribution in [3.8, 4) is 0 Å². The molecule has 0 aromatic heterocycles. The van der Waals surface area contributed by atoms with E-state index in [2.05, 4.69) is 6.92 Å². The molecule has 4 fully saturated rings. The molecule has 2 atom stereocenters. The molecule has 0 radical (unpaired) electrons. The zero-order valence-corrected chi connectivity index (χ0v) is 16.2. The molecule has 4 rings (SSSR count). The Hall–Kier alpha value is -0.790. The van der Waals surface area contributed by atoms with E-state index in [1.54, 1.807) is 0 Å². The topological polar surface area (TPSA) is 80.8 Å². The van der Waals surface area contributed by atoms with Crippen LogP contribution in [-0.4, -0.2) is 43.4 Å². The summed E-state index contributed by atoms with van der Waals surface area (Å²) < 4.78 is 30.9. The van der Waals surface area contributed by atoms with Gasteiger partial charge in [0.2, 0.25) is 0 Å². The van der Waals surface area contributed by atoms with E-state index in [-0.39, 0.29) is 29.3 Å². The van der Waals surface area contributed by atoms with E-state index in [0.717, 1.165) is 25.7 Å². The molecule has 1 aliphatic heterocycles. The van der Waals surface area contributed by atoms with Crippen molar-refractivity contribution < 1.29 is 22.3 Å². The lowest BCUT2D eigenvalue weighted by molar-refractivity contribution is -0.168. The molecular weight excluding hydrogens is 354 g/mol. The molecule has 0 spiro atoms. The maximum absolute atomic E-state index is 12.7. The van der Waals surface area contributed by atoms with E-state index >= 15 is 0 Å². The Labute approximate surface area is 155 Å². The van der Waals surface area contributed by atoms with Crippen LogP contribution < -0.4 is 0 Å². The van der Waals surface area contributed by atoms with Crippen molar-refractivity contribution in [1.29, 1.82) is 0 Å². The fourth-order valence-electron chi connectivity index (χ4n) is 5.67. The van der Waals surface area contributed by atoms with Crippen LogP contribution in [0.15, 0.2) is 0 Å². The van der Waals surface area contributed by atoms with Crippen molar-refractivity contribution in [1.82, 2.24) is 5.06 Å². The Bertz CT molecular complexity index is 652. The average molecular weight is 384 g/mol. The molecule has 1 saturated heterocycles. The second kappa shape index (κ2) is 6.99. The molecule has 4 aliphatic rings. The summed E-state index contributed by atoms with van der Waals surface area (Å²) in [5, 5.41) is 0.955. The number of rotatable bonds is 3. The highest BCUT2D eigenvalue weighted by Crippen LogP contribution is 2.47. The van der Waals surface area contributed by atoms with Crippen molar-refractivity contribution in [2.75, 3.05) is 13.1 Å². The van der Waals surface area contributed by atoms with Crippen LogP contribution in [0.2, 0.25) is 0 Å². The highest BCUT2D eigenvalue weighted by atomic mass is 32.2. The number of piperidine rings is 1. The van der Waals surface area contributed by atoms with Crippen molar-refractivity contribution in [2.45, 2.75) is 63.5 Å². The Morgan fingerprint density at radius 2 is 1.42 bits per heavy atom. The predicted molar refractivity (Wildman–Crippen MR) is 95.4 cm³/mol. The minimum absolute atomic E-state index is 0.0931. The zero-order valence-electron chi connectivity index (χ0n) is 15.4. The van der Waals surface area contributed by atoms with Gasteiger partial charge in [-0.25, -0.2) is 0 Å². The summed E-state index contributed by atoms with van der Waals surface area (Å²) in [5.74, 6) is 0.923. The van der Waals surface area contributed by atoms with E-state index in [0.29, 0.717) is 50.6 Å². The van der Waals surface area contributed by atoms with Crippen LogP contribution in [0.3, 0.4) is 0 Å². The Morgan fingerprint density at radius 1 is 0.885 bits per heavy atom. The van der Waals surface area contributed by atoms with Gasteiger partial charge in [-0.15, -0.1) is 0 Å². The van der Waals surface area contributed by atoms with Gasteiger partial charge in [-0.3, -0.25) is 9.59 Å². The Balaban J connectivity index is 1.49. The molecule has 0 bridgehead atoms. The third-order valence-electron chi connectivity index (χ3n) is 7.20. The largest absolute Gasteiger partial charge is 0.299 e. The molecule has 0 aromatic rings. The number of nitrogens with zero attached hydrogens (tertiary/aromatic N) is 1. The van der Waals surface area contributed by atoms with Crippen LogP contribution in [0.5, 0.6) is 0 Å².